The molecule has 1 saturated carbocycles. The second kappa shape index (κ2) is 5.70. The van der Waals surface area contributed by atoms with E-state index in [9.17, 15) is 4.79 Å². The zero-order valence-electron chi connectivity index (χ0n) is 13.4. The Hall–Kier alpha value is -1.66. The van der Waals surface area contributed by atoms with Gasteiger partial charge in [-0.1, -0.05) is 0 Å². The number of ether oxygens (including phenoxy) is 1. The molecule has 126 valence electrons. The predicted octanol–water partition coefficient (Wildman–Crippen LogP) is 3.61. The Kier molecular flexibility index (Phi) is 3.49. The van der Waals surface area contributed by atoms with Crippen molar-refractivity contribution in [2.24, 2.45) is 5.92 Å². The Morgan fingerprint density at radius 1 is 1.33 bits per heavy atom. The van der Waals surface area contributed by atoms with Gasteiger partial charge in [-0.25, -0.2) is 4.98 Å². The minimum Gasteiger partial charge on any atom is -0.459 e. The number of furan rings is 1. The van der Waals surface area contributed by atoms with Gasteiger partial charge >= 0.3 is 0 Å². The number of hydrogen-bond acceptors (Lipinski definition) is 5. The third kappa shape index (κ3) is 2.58. The molecule has 5 rings (SSSR count). The molecule has 1 aliphatic carbocycles. The van der Waals surface area contributed by atoms with Crippen LogP contribution in [0.4, 0.5) is 0 Å². The van der Waals surface area contributed by atoms with Gasteiger partial charge in [0.2, 0.25) is 0 Å². The van der Waals surface area contributed by atoms with Crippen molar-refractivity contribution in [1.82, 2.24) is 9.88 Å². The number of fused-ring (bicyclic) bond motifs is 1. The summed E-state index contributed by atoms with van der Waals surface area (Å²) in [6, 6.07) is 3.48. The van der Waals surface area contributed by atoms with Crippen molar-refractivity contribution in [2.45, 2.75) is 43.8 Å². The number of likely N-dealkylation sites (tertiary alicyclic amines) is 1. The largest absolute Gasteiger partial charge is 0.459 e. The van der Waals surface area contributed by atoms with Crippen LogP contribution in [0, 0.1) is 5.92 Å². The minimum absolute atomic E-state index is 0.0317. The molecular weight excluding hydrogens is 324 g/mol. The summed E-state index contributed by atoms with van der Waals surface area (Å²) < 4.78 is 11.5. The first-order chi connectivity index (χ1) is 11.8. The summed E-state index contributed by atoms with van der Waals surface area (Å²) in [6.45, 7) is 1.43. The van der Waals surface area contributed by atoms with E-state index >= 15 is 0 Å². The van der Waals surface area contributed by atoms with Crippen LogP contribution in [0.15, 0.2) is 28.2 Å². The average Bonchev–Trinajstić information content (AvgIpc) is 3.06. The molecule has 0 spiro atoms. The van der Waals surface area contributed by atoms with Crippen LogP contribution in [0.1, 0.15) is 59.0 Å². The standard InChI is InChI=1S/C18H20N2O3S/c21-18(14-2-1-7-22-14)20-6-5-12-8-15(23-16(12)9-20)17-19-13(10-24-17)11-3-4-11/h1-2,7,10-12,15-16H,3-6,8-9H2/t12-,15+,16+/m0/s1. The number of rotatable bonds is 3. The van der Waals surface area contributed by atoms with Gasteiger partial charge in [-0.05, 0) is 43.7 Å². The highest BCUT2D eigenvalue weighted by molar-refractivity contribution is 7.09. The molecule has 6 heteroatoms. The lowest BCUT2D eigenvalue weighted by Crippen LogP contribution is -2.45. The van der Waals surface area contributed by atoms with Crippen molar-refractivity contribution in [1.29, 1.82) is 0 Å². The molecule has 0 radical (unpaired) electrons. The summed E-state index contributed by atoms with van der Waals surface area (Å²) in [5.74, 6) is 1.61. The van der Waals surface area contributed by atoms with Crippen LogP contribution in [0.2, 0.25) is 0 Å². The predicted molar refractivity (Wildman–Crippen MR) is 89.0 cm³/mol. The molecule has 2 aromatic heterocycles. The third-order valence-electron chi connectivity index (χ3n) is 5.38. The lowest BCUT2D eigenvalue weighted by molar-refractivity contribution is -0.00533. The van der Waals surface area contributed by atoms with Crippen molar-refractivity contribution >= 4 is 17.2 Å². The molecule has 2 aromatic rings. The van der Waals surface area contributed by atoms with Gasteiger partial charge < -0.3 is 14.1 Å². The first kappa shape index (κ1) is 14.7. The fraction of sp³-hybridized carbons (Fsp3) is 0.556. The van der Waals surface area contributed by atoms with Crippen LogP contribution in [-0.4, -0.2) is 35.0 Å². The quantitative estimate of drug-likeness (QED) is 0.853. The monoisotopic (exact) mass is 344 g/mol. The van der Waals surface area contributed by atoms with E-state index in [0.717, 1.165) is 24.4 Å². The van der Waals surface area contributed by atoms with E-state index in [2.05, 4.69) is 5.38 Å². The first-order valence-electron chi connectivity index (χ1n) is 8.71. The third-order valence-corrected chi connectivity index (χ3v) is 6.34. The number of piperidine rings is 1. The highest BCUT2D eigenvalue weighted by atomic mass is 32.1. The smallest absolute Gasteiger partial charge is 0.289 e. The summed E-state index contributed by atoms with van der Waals surface area (Å²) in [7, 11) is 0. The molecule has 2 aliphatic heterocycles. The zero-order chi connectivity index (χ0) is 16.1. The van der Waals surface area contributed by atoms with E-state index in [1.807, 2.05) is 4.90 Å². The van der Waals surface area contributed by atoms with Crippen LogP contribution in [0.3, 0.4) is 0 Å². The van der Waals surface area contributed by atoms with Gasteiger partial charge in [0, 0.05) is 24.4 Å². The molecule has 2 saturated heterocycles. The fourth-order valence-corrected chi connectivity index (χ4v) is 4.79. The average molecular weight is 344 g/mol. The Balaban J connectivity index is 1.26. The summed E-state index contributed by atoms with van der Waals surface area (Å²) >= 11 is 1.73. The molecule has 5 nitrogen and oxygen atoms in total. The maximum Gasteiger partial charge on any atom is 0.289 e. The van der Waals surface area contributed by atoms with Gasteiger partial charge in [0.05, 0.1) is 18.1 Å². The first-order valence-corrected chi connectivity index (χ1v) is 9.59. The van der Waals surface area contributed by atoms with Crippen molar-refractivity contribution < 1.29 is 13.9 Å². The Morgan fingerprint density at radius 2 is 2.25 bits per heavy atom. The number of thiazole rings is 1. The summed E-state index contributed by atoms with van der Waals surface area (Å²) in [5, 5.41) is 3.32. The van der Waals surface area contributed by atoms with Gasteiger partial charge in [-0.2, -0.15) is 0 Å². The molecule has 0 unspecified atom stereocenters. The summed E-state index contributed by atoms with van der Waals surface area (Å²) in [6.07, 6.45) is 6.36. The van der Waals surface area contributed by atoms with Crippen LogP contribution >= 0.6 is 11.3 Å². The SMILES string of the molecule is O=C(c1ccco1)N1CC[C@H]2C[C@H](c3nc(C4CC4)cs3)O[C@@H]2C1. The molecule has 4 heterocycles. The van der Waals surface area contributed by atoms with Gasteiger partial charge in [-0.3, -0.25) is 4.79 Å². The van der Waals surface area contributed by atoms with Crippen molar-refractivity contribution in [2.75, 3.05) is 13.1 Å². The molecule has 0 bridgehead atoms. The van der Waals surface area contributed by atoms with Crippen molar-refractivity contribution in [3.8, 4) is 0 Å². The van der Waals surface area contributed by atoms with E-state index in [1.165, 1.54) is 18.5 Å². The van der Waals surface area contributed by atoms with E-state index < -0.39 is 0 Å². The second-order valence-electron chi connectivity index (χ2n) is 7.06. The fourth-order valence-electron chi connectivity index (χ4n) is 3.85. The maximum atomic E-state index is 12.5. The molecule has 0 aromatic carbocycles. The normalized spacial score (nSPS) is 29.7. The van der Waals surface area contributed by atoms with Crippen LogP contribution in [-0.2, 0) is 4.74 Å². The summed E-state index contributed by atoms with van der Waals surface area (Å²) in [4.78, 5) is 19.1. The lowest BCUT2D eigenvalue weighted by atomic mass is 9.92. The Bertz CT molecular complexity index is 737. The van der Waals surface area contributed by atoms with Crippen LogP contribution < -0.4 is 0 Å². The lowest BCUT2D eigenvalue weighted by Gasteiger charge is -2.33. The summed E-state index contributed by atoms with van der Waals surface area (Å²) in [5.41, 5.74) is 1.25. The van der Waals surface area contributed by atoms with E-state index in [1.54, 1.807) is 29.7 Å². The van der Waals surface area contributed by atoms with Crippen molar-refractivity contribution in [3.05, 3.63) is 40.2 Å². The van der Waals surface area contributed by atoms with Crippen LogP contribution in [0.5, 0.6) is 0 Å². The van der Waals surface area contributed by atoms with E-state index in [4.69, 9.17) is 14.1 Å². The van der Waals surface area contributed by atoms with E-state index in [-0.39, 0.29) is 18.1 Å². The molecule has 0 N–H and O–H groups in total. The Labute approximate surface area is 144 Å². The second-order valence-corrected chi connectivity index (χ2v) is 7.95. The number of carbonyl (C=O) groups is 1. The van der Waals surface area contributed by atoms with Crippen molar-refractivity contribution in [3.63, 3.8) is 0 Å². The van der Waals surface area contributed by atoms with Gasteiger partial charge in [0.15, 0.2) is 5.76 Å². The molecule has 1 amide bonds. The van der Waals surface area contributed by atoms with Crippen LogP contribution in [0.25, 0.3) is 0 Å². The number of nitrogens with zero attached hydrogens (tertiary/aromatic N) is 2. The topological polar surface area (TPSA) is 55.6 Å². The molecular formula is C18H20N2O3S. The minimum atomic E-state index is -0.0317. The molecule has 3 aliphatic rings. The highest BCUT2D eigenvalue weighted by Gasteiger charge is 2.42. The number of carbonyl (C=O) groups excluding carboxylic acids is 1. The maximum absolute atomic E-state index is 12.5. The molecule has 3 fully saturated rings. The zero-order valence-corrected chi connectivity index (χ0v) is 14.2. The highest BCUT2D eigenvalue weighted by Crippen LogP contribution is 2.45. The number of aromatic nitrogens is 1. The molecule has 3 atom stereocenters. The number of hydrogen-bond donors (Lipinski definition) is 0. The van der Waals surface area contributed by atoms with Gasteiger partial charge in [0.1, 0.15) is 11.1 Å². The van der Waals surface area contributed by atoms with Gasteiger partial charge in [-0.15, -0.1) is 11.3 Å². The number of amides is 1. The molecule has 24 heavy (non-hydrogen) atoms. The van der Waals surface area contributed by atoms with E-state index in [0.29, 0.717) is 24.1 Å². The Morgan fingerprint density at radius 3 is 3.04 bits per heavy atom. The van der Waals surface area contributed by atoms with Gasteiger partial charge in [0.25, 0.3) is 5.91 Å².